The lowest BCUT2D eigenvalue weighted by molar-refractivity contribution is -0.385. The number of esters is 1. The Balaban J connectivity index is 2.29. The summed E-state index contributed by atoms with van der Waals surface area (Å²) in [5, 5.41) is 11.5. The lowest BCUT2D eigenvalue weighted by Gasteiger charge is -2.24. The zero-order chi connectivity index (χ0) is 22.3. The number of nitro benzene ring substituents is 1. The standard InChI is InChI=1S/C21H24N2O7/c1-5-22(15-10-8-7-9-11-15)20(24)14(3)30-21(25)16-12-18(28-4)19(29-6-2)13-17(16)23(26)27/h7-14H,5-6H2,1-4H3/t14-/m0/s1. The molecular formula is C21H24N2O7. The maximum Gasteiger partial charge on any atom is 0.346 e. The fraction of sp³-hybridized carbons (Fsp3) is 0.333. The highest BCUT2D eigenvalue weighted by Crippen LogP contribution is 2.35. The molecule has 0 aliphatic carbocycles. The first-order chi connectivity index (χ1) is 14.3. The van der Waals surface area contributed by atoms with Crippen LogP contribution < -0.4 is 14.4 Å². The third-order valence-corrected chi connectivity index (χ3v) is 4.28. The molecule has 1 atom stereocenters. The van der Waals surface area contributed by atoms with Crippen LogP contribution in [0.4, 0.5) is 11.4 Å². The van der Waals surface area contributed by atoms with Gasteiger partial charge < -0.3 is 19.1 Å². The van der Waals surface area contributed by atoms with E-state index in [0.717, 1.165) is 6.07 Å². The van der Waals surface area contributed by atoms with Gasteiger partial charge in [0.05, 0.1) is 24.7 Å². The van der Waals surface area contributed by atoms with E-state index in [1.54, 1.807) is 38.1 Å². The molecule has 0 saturated carbocycles. The summed E-state index contributed by atoms with van der Waals surface area (Å²) < 4.78 is 15.7. The van der Waals surface area contributed by atoms with Crippen molar-refractivity contribution in [3.05, 3.63) is 58.1 Å². The number of likely N-dealkylation sites (N-methyl/N-ethyl adjacent to an activating group) is 1. The predicted molar refractivity (Wildman–Crippen MR) is 110 cm³/mol. The zero-order valence-electron chi connectivity index (χ0n) is 17.3. The Hall–Kier alpha value is -3.62. The molecule has 0 N–H and O–H groups in total. The van der Waals surface area contributed by atoms with Crippen molar-refractivity contribution in [2.75, 3.05) is 25.2 Å². The molecule has 0 aromatic heterocycles. The molecule has 0 bridgehead atoms. The van der Waals surface area contributed by atoms with Gasteiger partial charge in [0, 0.05) is 18.3 Å². The molecule has 2 rings (SSSR count). The van der Waals surface area contributed by atoms with Crippen LogP contribution in [-0.2, 0) is 9.53 Å². The summed E-state index contributed by atoms with van der Waals surface area (Å²) in [4.78, 5) is 37.7. The van der Waals surface area contributed by atoms with Gasteiger partial charge in [0.25, 0.3) is 11.6 Å². The summed E-state index contributed by atoms with van der Waals surface area (Å²) in [7, 11) is 1.35. The quantitative estimate of drug-likeness (QED) is 0.349. The van der Waals surface area contributed by atoms with E-state index in [2.05, 4.69) is 0 Å². The molecule has 9 heteroatoms. The lowest BCUT2D eigenvalue weighted by atomic mass is 10.1. The predicted octanol–water partition coefficient (Wildman–Crippen LogP) is 3.60. The van der Waals surface area contributed by atoms with E-state index in [1.165, 1.54) is 25.0 Å². The van der Waals surface area contributed by atoms with Crippen LogP contribution in [0.5, 0.6) is 11.5 Å². The van der Waals surface area contributed by atoms with E-state index in [4.69, 9.17) is 14.2 Å². The van der Waals surface area contributed by atoms with E-state index in [1.807, 2.05) is 6.07 Å². The van der Waals surface area contributed by atoms with Crippen LogP contribution in [0.2, 0.25) is 0 Å². The van der Waals surface area contributed by atoms with E-state index in [9.17, 15) is 19.7 Å². The molecule has 2 aromatic carbocycles. The summed E-state index contributed by atoms with van der Waals surface area (Å²) in [5.41, 5.74) is -0.177. The number of benzene rings is 2. The Morgan fingerprint density at radius 3 is 2.33 bits per heavy atom. The molecule has 0 heterocycles. The number of hydrogen-bond acceptors (Lipinski definition) is 7. The molecule has 2 aromatic rings. The highest BCUT2D eigenvalue weighted by Gasteiger charge is 2.30. The van der Waals surface area contributed by atoms with Crippen molar-refractivity contribution < 1.29 is 28.7 Å². The molecule has 0 saturated heterocycles. The van der Waals surface area contributed by atoms with Gasteiger partial charge in [0.2, 0.25) is 0 Å². The SMILES string of the molecule is CCOc1cc([N+](=O)[O-])c(C(=O)O[C@@H](C)C(=O)N(CC)c2ccccc2)cc1OC. The van der Waals surface area contributed by atoms with Crippen LogP contribution in [0.1, 0.15) is 31.1 Å². The van der Waals surface area contributed by atoms with Gasteiger partial charge in [-0.25, -0.2) is 4.79 Å². The maximum absolute atomic E-state index is 12.8. The van der Waals surface area contributed by atoms with Crippen LogP contribution >= 0.6 is 0 Å². The van der Waals surface area contributed by atoms with Gasteiger partial charge in [-0.1, -0.05) is 18.2 Å². The Labute approximate surface area is 174 Å². The minimum atomic E-state index is -1.16. The molecule has 1 amide bonds. The highest BCUT2D eigenvalue weighted by molar-refractivity contribution is 6.00. The van der Waals surface area contributed by atoms with Crippen molar-refractivity contribution in [2.24, 2.45) is 0 Å². The maximum atomic E-state index is 12.8. The molecule has 160 valence electrons. The first-order valence-electron chi connectivity index (χ1n) is 9.40. The number of methoxy groups -OCH3 is 1. The fourth-order valence-electron chi connectivity index (χ4n) is 2.86. The molecule has 0 aliphatic heterocycles. The third-order valence-electron chi connectivity index (χ3n) is 4.28. The normalized spacial score (nSPS) is 11.3. The molecule has 9 nitrogen and oxygen atoms in total. The van der Waals surface area contributed by atoms with Crippen LogP contribution in [-0.4, -0.2) is 43.2 Å². The summed E-state index contributed by atoms with van der Waals surface area (Å²) >= 11 is 0. The van der Waals surface area contributed by atoms with Crippen molar-refractivity contribution in [1.82, 2.24) is 0 Å². The first kappa shape index (κ1) is 22.7. The van der Waals surface area contributed by atoms with Crippen molar-refractivity contribution >= 4 is 23.3 Å². The molecule has 0 radical (unpaired) electrons. The lowest BCUT2D eigenvalue weighted by Crippen LogP contribution is -2.40. The smallest absolute Gasteiger partial charge is 0.346 e. The number of rotatable bonds is 9. The second-order valence-electron chi connectivity index (χ2n) is 6.18. The second-order valence-corrected chi connectivity index (χ2v) is 6.18. The summed E-state index contributed by atoms with van der Waals surface area (Å²) in [6.07, 6.45) is -1.16. The van der Waals surface area contributed by atoms with Crippen molar-refractivity contribution in [1.29, 1.82) is 0 Å². The summed E-state index contributed by atoms with van der Waals surface area (Å²) in [6.45, 7) is 5.55. The number of carbonyl (C=O) groups excluding carboxylic acids is 2. The molecule has 0 fully saturated rings. The topological polar surface area (TPSA) is 108 Å². The number of para-hydroxylation sites is 1. The fourth-order valence-corrected chi connectivity index (χ4v) is 2.86. The number of amides is 1. The van der Waals surface area contributed by atoms with Gasteiger partial charge >= 0.3 is 5.97 Å². The van der Waals surface area contributed by atoms with Crippen LogP contribution in [0, 0.1) is 10.1 Å². The second kappa shape index (κ2) is 10.2. The van der Waals surface area contributed by atoms with E-state index in [0.29, 0.717) is 12.2 Å². The average Bonchev–Trinajstić information content (AvgIpc) is 2.74. The zero-order valence-corrected chi connectivity index (χ0v) is 17.3. The molecular weight excluding hydrogens is 392 g/mol. The number of carbonyl (C=O) groups is 2. The van der Waals surface area contributed by atoms with Gasteiger partial charge in [-0.2, -0.15) is 0 Å². The van der Waals surface area contributed by atoms with E-state index < -0.39 is 28.6 Å². The van der Waals surface area contributed by atoms with Gasteiger partial charge in [-0.05, 0) is 32.9 Å². The molecule has 0 unspecified atom stereocenters. The third kappa shape index (κ3) is 5.05. The van der Waals surface area contributed by atoms with Gasteiger partial charge in [0.15, 0.2) is 17.6 Å². The monoisotopic (exact) mass is 416 g/mol. The van der Waals surface area contributed by atoms with Gasteiger partial charge in [0.1, 0.15) is 5.56 Å². The largest absolute Gasteiger partial charge is 0.493 e. The number of anilines is 1. The number of ether oxygens (including phenoxy) is 3. The number of hydrogen-bond donors (Lipinski definition) is 0. The van der Waals surface area contributed by atoms with Gasteiger partial charge in [-0.15, -0.1) is 0 Å². The van der Waals surface area contributed by atoms with Crippen molar-refractivity contribution in [2.45, 2.75) is 26.9 Å². The van der Waals surface area contributed by atoms with E-state index >= 15 is 0 Å². The minimum Gasteiger partial charge on any atom is -0.493 e. The average molecular weight is 416 g/mol. The Morgan fingerprint density at radius 1 is 1.13 bits per heavy atom. The Morgan fingerprint density at radius 2 is 1.80 bits per heavy atom. The Bertz CT molecular complexity index is 915. The highest BCUT2D eigenvalue weighted by atomic mass is 16.6. The van der Waals surface area contributed by atoms with Crippen molar-refractivity contribution in [3.63, 3.8) is 0 Å². The summed E-state index contributed by atoms with van der Waals surface area (Å²) in [5.74, 6) is -1.17. The Kier molecular flexibility index (Phi) is 7.74. The number of nitro groups is 1. The van der Waals surface area contributed by atoms with E-state index in [-0.39, 0.29) is 23.7 Å². The molecule has 0 aliphatic rings. The van der Waals surface area contributed by atoms with Crippen LogP contribution in [0.15, 0.2) is 42.5 Å². The minimum absolute atomic E-state index is 0.133. The molecule has 30 heavy (non-hydrogen) atoms. The summed E-state index contributed by atoms with van der Waals surface area (Å²) in [6, 6.07) is 11.2. The van der Waals surface area contributed by atoms with Crippen LogP contribution in [0.3, 0.4) is 0 Å². The van der Waals surface area contributed by atoms with Gasteiger partial charge in [-0.3, -0.25) is 14.9 Å². The van der Waals surface area contributed by atoms with Crippen molar-refractivity contribution in [3.8, 4) is 11.5 Å². The first-order valence-corrected chi connectivity index (χ1v) is 9.40. The van der Waals surface area contributed by atoms with Crippen LogP contribution in [0.25, 0.3) is 0 Å². The molecule has 0 spiro atoms. The number of nitrogens with zero attached hydrogens (tertiary/aromatic N) is 2.